The Morgan fingerprint density at radius 1 is 1.29 bits per heavy atom. The SMILES string of the molecule is C=C[C@@](C)(O)CC=C[C@@](C)(O)CC[C@H](OC(C)=O)C(=C)C. The lowest BCUT2D eigenvalue weighted by Gasteiger charge is -2.24. The van der Waals surface area contributed by atoms with Gasteiger partial charge < -0.3 is 14.9 Å². The molecule has 0 saturated heterocycles. The van der Waals surface area contributed by atoms with E-state index < -0.39 is 17.3 Å². The molecule has 120 valence electrons. The van der Waals surface area contributed by atoms with E-state index >= 15 is 0 Å². The van der Waals surface area contributed by atoms with Crippen molar-refractivity contribution in [3.63, 3.8) is 0 Å². The smallest absolute Gasteiger partial charge is 0.303 e. The Hall–Kier alpha value is -1.39. The molecule has 0 amide bonds. The maximum Gasteiger partial charge on any atom is 0.303 e. The van der Waals surface area contributed by atoms with Gasteiger partial charge >= 0.3 is 5.97 Å². The van der Waals surface area contributed by atoms with Crippen molar-refractivity contribution in [1.29, 1.82) is 0 Å². The predicted octanol–water partition coefficient (Wildman–Crippen LogP) is 2.91. The molecular weight excluding hydrogens is 268 g/mol. The van der Waals surface area contributed by atoms with Crippen molar-refractivity contribution < 1.29 is 19.7 Å². The first-order valence-corrected chi connectivity index (χ1v) is 7.08. The molecule has 3 atom stereocenters. The summed E-state index contributed by atoms with van der Waals surface area (Å²) < 4.78 is 5.16. The molecule has 0 aliphatic rings. The van der Waals surface area contributed by atoms with Crippen LogP contribution in [0.3, 0.4) is 0 Å². The highest BCUT2D eigenvalue weighted by Gasteiger charge is 2.22. The number of carbonyl (C=O) groups excluding carboxylic acids is 1. The summed E-state index contributed by atoms with van der Waals surface area (Å²) >= 11 is 0. The molecule has 0 fully saturated rings. The number of ether oxygens (including phenoxy) is 1. The average molecular weight is 296 g/mol. The summed E-state index contributed by atoms with van der Waals surface area (Å²) in [5.74, 6) is -0.361. The molecule has 4 nitrogen and oxygen atoms in total. The molecule has 0 radical (unpaired) electrons. The minimum Gasteiger partial charge on any atom is -0.458 e. The van der Waals surface area contributed by atoms with Crippen molar-refractivity contribution >= 4 is 5.97 Å². The van der Waals surface area contributed by atoms with Crippen LogP contribution in [-0.4, -0.2) is 33.5 Å². The van der Waals surface area contributed by atoms with E-state index in [-0.39, 0.29) is 5.97 Å². The van der Waals surface area contributed by atoms with E-state index in [1.807, 2.05) is 0 Å². The fourth-order valence-electron chi connectivity index (χ4n) is 1.75. The Kier molecular flexibility index (Phi) is 7.61. The van der Waals surface area contributed by atoms with Gasteiger partial charge in [0.05, 0.1) is 11.2 Å². The average Bonchev–Trinajstić information content (AvgIpc) is 2.33. The molecule has 0 aromatic carbocycles. The van der Waals surface area contributed by atoms with Crippen LogP contribution < -0.4 is 0 Å². The van der Waals surface area contributed by atoms with Gasteiger partial charge in [-0.1, -0.05) is 24.8 Å². The van der Waals surface area contributed by atoms with Gasteiger partial charge in [0.1, 0.15) is 6.10 Å². The van der Waals surface area contributed by atoms with Gasteiger partial charge in [0.15, 0.2) is 0 Å². The highest BCUT2D eigenvalue weighted by atomic mass is 16.5. The first-order chi connectivity index (χ1) is 9.49. The van der Waals surface area contributed by atoms with E-state index in [1.165, 1.54) is 13.0 Å². The number of esters is 1. The van der Waals surface area contributed by atoms with E-state index in [2.05, 4.69) is 13.2 Å². The largest absolute Gasteiger partial charge is 0.458 e. The van der Waals surface area contributed by atoms with Gasteiger partial charge in [-0.05, 0) is 45.6 Å². The fraction of sp³-hybridized carbons (Fsp3) is 0.588. The summed E-state index contributed by atoms with van der Waals surface area (Å²) in [6.45, 7) is 13.8. The van der Waals surface area contributed by atoms with Crippen molar-refractivity contribution in [2.75, 3.05) is 0 Å². The third kappa shape index (κ3) is 9.21. The minimum atomic E-state index is -1.04. The minimum absolute atomic E-state index is 0.361. The quantitative estimate of drug-likeness (QED) is 0.507. The van der Waals surface area contributed by atoms with Crippen molar-refractivity contribution in [3.05, 3.63) is 37.0 Å². The maximum atomic E-state index is 11.0. The van der Waals surface area contributed by atoms with Crippen molar-refractivity contribution in [2.24, 2.45) is 0 Å². The Balaban J connectivity index is 4.52. The number of hydrogen-bond donors (Lipinski definition) is 2. The molecule has 0 rings (SSSR count). The van der Waals surface area contributed by atoms with E-state index in [0.717, 1.165) is 5.57 Å². The summed E-state index contributed by atoms with van der Waals surface area (Å²) in [7, 11) is 0. The Morgan fingerprint density at radius 2 is 1.86 bits per heavy atom. The van der Waals surface area contributed by atoms with Crippen LogP contribution in [0, 0.1) is 0 Å². The second kappa shape index (κ2) is 8.15. The van der Waals surface area contributed by atoms with Crippen molar-refractivity contribution in [1.82, 2.24) is 0 Å². The highest BCUT2D eigenvalue weighted by molar-refractivity contribution is 5.66. The van der Waals surface area contributed by atoms with E-state index in [9.17, 15) is 15.0 Å². The lowest BCUT2D eigenvalue weighted by Crippen LogP contribution is -2.26. The third-order valence-corrected chi connectivity index (χ3v) is 3.22. The van der Waals surface area contributed by atoms with Gasteiger partial charge in [0.2, 0.25) is 0 Å². The van der Waals surface area contributed by atoms with Crippen LogP contribution in [-0.2, 0) is 9.53 Å². The standard InChI is InChI=1S/C17H28O4/c1-7-16(5,19)10-8-11-17(6,20)12-9-15(13(2)3)21-14(4)18/h7-8,11,15,19-20H,1-2,9-10,12H2,3-6H3/t15-,16+,17+/m0/s1. The molecule has 0 aromatic heterocycles. The molecule has 4 heteroatoms. The maximum absolute atomic E-state index is 11.0. The van der Waals surface area contributed by atoms with Crippen LogP contribution >= 0.6 is 0 Å². The molecule has 21 heavy (non-hydrogen) atoms. The van der Waals surface area contributed by atoms with Crippen molar-refractivity contribution in [2.45, 2.75) is 64.3 Å². The lowest BCUT2D eigenvalue weighted by molar-refractivity contribution is -0.145. The van der Waals surface area contributed by atoms with Gasteiger partial charge in [-0.2, -0.15) is 0 Å². The second-order valence-electron chi connectivity index (χ2n) is 6.01. The van der Waals surface area contributed by atoms with Crippen molar-refractivity contribution in [3.8, 4) is 0 Å². The monoisotopic (exact) mass is 296 g/mol. The summed E-state index contributed by atoms with van der Waals surface area (Å²) in [5, 5.41) is 20.1. The molecule has 0 spiro atoms. The summed E-state index contributed by atoms with van der Waals surface area (Å²) in [6, 6.07) is 0. The number of hydrogen-bond acceptors (Lipinski definition) is 4. The zero-order chi connectivity index (χ0) is 16.7. The zero-order valence-electron chi connectivity index (χ0n) is 13.6. The summed E-state index contributed by atoms with van der Waals surface area (Å²) in [4.78, 5) is 11.0. The van der Waals surface area contributed by atoms with Gasteiger partial charge in [-0.25, -0.2) is 0 Å². The molecule has 0 bridgehead atoms. The highest BCUT2D eigenvalue weighted by Crippen LogP contribution is 2.21. The van der Waals surface area contributed by atoms with E-state index in [1.54, 1.807) is 32.9 Å². The molecule has 0 aliphatic carbocycles. The van der Waals surface area contributed by atoms with Gasteiger partial charge in [-0.15, -0.1) is 6.58 Å². The van der Waals surface area contributed by atoms with Gasteiger partial charge in [-0.3, -0.25) is 4.79 Å². The molecule has 0 unspecified atom stereocenters. The molecule has 0 saturated carbocycles. The van der Waals surface area contributed by atoms with Crippen LogP contribution in [0.15, 0.2) is 37.0 Å². The Morgan fingerprint density at radius 3 is 2.29 bits per heavy atom. The predicted molar refractivity (Wildman–Crippen MR) is 84.8 cm³/mol. The zero-order valence-corrected chi connectivity index (χ0v) is 13.6. The first-order valence-electron chi connectivity index (χ1n) is 7.08. The topological polar surface area (TPSA) is 66.8 Å². The number of aliphatic hydroxyl groups is 2. The van der Waals surface area contributed by atoms with E-state index in [0.29, 0.717) is 19.3 Å². The summed E-state index contributed by atoms with van der Waals surface area (Å²) in [5.41, 5.74) is -1.27. The number of carbonyl (C=O) groups is 1. The molecule has 0 aromatic rings. The second-order valence-corrected chi connectivity index (χ2v) is 6.01. The molecule has 0 aliphatic heterocycles. The van der Waals surface area contributed by atoms with Crippen LogP contribution in [0.4, 0.5) is 0 Å². The van der Waals surface area contributed by atoms with Crippen LogP contribution in [0.1, 0.15) is 47.0 Å². The first kappa shape index (κ1) is 19.6. The normalized spacial score (nSPS) is 18.6. The summed E-state index contributed by atoms with van der Waals surface area (Å²) in [6.07, 6.45) is 5.73. The van der Waals surface area contributed by atoms with Crippen LogP contribution in [0.2, 0.25) is 0 Å². The molecular formula is C17H28O4. The van der Waals surface area contributed by atoms with Gasteiger partial charge in [0.25, 0.3) is 0 Å². The lowest BCUT2D eigenvalue weighted by atomic mass is 9.94. The molecule has 2 N–H and O–H groups in total. The third-order valence-electron chi connectivity index (χ3n) is 3.22. The van der Waals surface area contributed by atoms with Crippen LogP contribution in [0.25, 0.3) is 0 Å². The fourth-order valence-corrected chi connectivity index (χ4v) is 1.75. The number of rotatable bonds is 9. The van der Waals surface area contributed by atoms with E-state index in [4.69, 9.17) is 4.74 Å². The Bertz CT molecular complexity index is 405. The van der Waals surface area contributed by atoms with Gasteiger partial charge in [0, 0.05) is 6.92 Å². The van der Waals surface area contributed by atoms with Crippen LogP contribution in [0.5, 0.6) is 0 Å². The molecule has 0 heterocycles. The Labute approximate surface area is 127 Å².